The molecule has 27 heavy (non-hydrogen) atoms. The molecular formula is C20H25N3O3S. The first-order chi connectivity index (χ1) is 12.8. The van der Waals surface area contributed by atoms with Crippen LogP contribution in [-0.4, -0.2) is 25.4 Å². The summed E-state index contributed by atoms with van der Waals surface area (Å²) in [7, 11) is -3.73. The van der Waals surface area contributed by atoms with Gasteiger partial charge in [0.1, 0.15) is 0 Å². The van der Waals surface area contributed by atoms with Crippen molar-refractivity contribution in [2.75, 3.05) is 4.72 Å². The molecule has 1 aliphatic carbocycles. The fourth-order valence-electron chi connectivity index (χ4n) is 3.33. The lowest BCUT2D eigenvalue weighted by Gasteiger charge is -2.29. The molecule has 0 spiro atoms. The fraction of sp³-hybridized carbons (Fsp3) is 0.400. The molecule has 0 saturated heterocycles. The fourth-order valence-corrected chi connectivity index (χ4v) is 4.37. The van der Waals surface area contributed by atoms with Gasteiger partial charge in [-0.3, -0.25) is 14.5 Å². The monoisotopic (exact) mass is 387 g/mol. The van der Waals surface area contributed by atoms with Gasteiger partial charge in [-0.25, -0.2) is 8.42 Å². The molecule has 1 saturated carbocycles. The quantitative estimate of drug-likeness (QED) is 0.822. The highest BCUT2D eigenvalue weighted by Crippen LogP contribution is 2.24. The van der Waals surface area contributed by atoms with Crippen molar-refractivity contribution in [1.29, 1.82) is 0 Å². The summed E-state index contributed by atoms with van der Waals surface area (Å²) in [6.07, 6.45) is 7.24. The van der Waals surface area contributed by atoms with Gasteiger partial charge in [-0.1, -0.05) is 37.5 Å². The van der Waals surface area contributed by atoms with Gasteiger partial charge in [-0.2, -0.15) is 0 Å². The Labute approximate surface area is 160 Å². The second-order valence-electron chi connectivity index (χ2n) is 7.22. The summed E-state index contributed by atoms with van der Waals surface area (Å²) in [5, 5.41) is 3.06. The number of benzene rings is 1. The van der Waals surface area contributed by atoms with Crippen molar-refractivity contribution < 1.29 is 13.2 Å². The van der Waals surface area contributed by atoms with Crippen LogP contribution in [0.15, 0.2) is 47.6 Å². The maximum absolute atomic E-state index is 12.6. The number of aromatic nitrogens is 1. The van der Waals surface area contributed by atoms with Crippen molar-refractivity contribution >= 4 is 21.6 Å². The number of aryl methyl sites for hydroxylation is 1. The van der Waals surface area contributed by atoms with E-state index >= 15 is 0 Å². The summed E-state index contributed by atoms with van der Waals surface area (Å²) in [4.78, 5) is 16.7. The van der Waals surface area contributed by atoms with Crippen LogP contribution >= 0.6 is 0 Å². The molecule has 1 aliphatic rings. The first kappa shape index (κ1) is 19.4. The Bertz CT molecular complexity index is 910. The first-order valence-electron chi connectivity index (χ1n) is 9.20. The molecule has 144 valence electrons. The number of nitrogens with one attached hydrogen (secondary N) is 2. The summed E-state index contributed by atoms with van der Waals surface area (Å²) < 4.78 is 27.5. The highest BCUT2D eigenvalue weighted by atomic mass is 32.2. The lowest BCUT2D eigenvalue weighted by atomic mass is 9.86. The molecule has 2 atom stereocenters. The van der Waals surface area contributed by atoms with Crippen LogP contribution in [-0.2, 0) is 10.0 Å². The molecule has 7 heteroatoms. The van der Waals surface area contributed by atoms with E-state index in [0.29, 0.717) is 11.5 Å². The van der Waals surface area contributed by atoms with Gasteiger partial charge in [0.2, 0.25) is 0 Å². The standard InChI is InChI=1S/C20H25N3O3S/c1-14-7-9-18(10-8-14)27(25,26)23-17-11-16(12-21-13-17)20(24)22-19-6-4-3-5-15(19)2/h7-13,15,19,23H,3-6H2,1-2H3,(H,22,24)/t15-,19-/m0/s1. The van der Waals surface area contributed by atoms with Crippen LogP contribution in [0.4, 0.5) is 5.69 Å². The second kappa shape index (κ2) is 8.08. The average Bonchev–Trinajstić information content (AvgIpc) is 2.64. The Morgan fingerprint density at radius 2 is 1.81 bits per heavy atom. The number of carbonyl (C=O) groups excluding carboxylic acids is 1. The molecule has 2 N–H and O–H groups in total. The third-order valence-electron chi connectivity index (χ3n) is 5.01. The Hall–Kier alpha value is -2.41. The molecule has 1 amide bonds. The van der Waals surface area contributed by atoms with Crippen molar-refractivity contribution in [2.24, 2.45) is 5.92 Å². The van der Waals surface area contributed by atoms with Gasteiger partial charge in [0.05, 0.1) is 22.3 Å². The Morgan fingerprint density at radius 1 is 1.11 bits per heavy atom. The summed E-state index contributed by atoms with van der Waals surface area (Å²) in [5.41, 5.74) is 1.59. The molecule has 1 aromatic heterocycles. The molecule has 1 fully saturated rings. The zero-order valence-electron chi connectivity index (χ0n) is 15.6. The molecule has 0 bridgehead atoms. The van der Waals surface area contributed by atoms with E-state index in [9.17, 15) is 13.2 Å². The number of sulfonamides is 1. The Kier molecular flexibility index (Phi) is 5.79. The van der Waals surface area contributed by atoms with Crippen molar-refractivity contribution in [2.45, 2.75) is 50.5 Å². The number of nitrogens with zero attached hydrogens (tertiary/aromatic N) is 1. The Balaban J connectivity index is 1.73. The number of hydrogen-bond acceptors (Lipinski definition) is 4. The van der Waals surface area contributed by atoms with E-state index in [1.54, 1.807) is 24.3 Å². The summed E-state index contributed by atoms with van der Waals surface area (Å²) in [6, 6.07) is 8.24. The topological polar surface area (TPSA) is 88.2 Å². The van der Waals surface area contributed by atoms with E-state index in [2.05, 4.69) is 21.9 Å². The first-order valence-corrected chi connectivity index (χ1v) is 10.7. The predicted octanol–water partition coefficient (Wildman–Crippen LogP) is 3.50. The molecule has 0 aliphatic heterocycles. The number of rotatable bonds is 5. The predicted molar refractivity (Wildman–Crippen MR) is 105 cm³/mol. The highest BCUT2D eigenvalue weighted by Gasteiger charge is 2.23. The van der Waals surface area contributed by atoms with Crippen LogP contribution in [0, 0.1) is 12.8 Å². The number of anilines is 1. The van der Waals surface area contributed by atoms with Crippen molar-refractivity contribution in [3.63, 3.8) is 0 Å². The zero-order chi connectivity index (χ0) is 19.4. The van der Waals surface area contributed by atoms with Crippen LogP contribution in [0.3, 0.4) is 0 Å². The van der Waals surface area contributed by atoms with E-state index in [1.807, 2.05) is 6.92 Å². The van der Waals surface area contributed by atoms with Gasteiger partial charge >= 0.3 is 0 Å². The van der Waals surface area contributed by atoms with Gasteiger partial charge in [0.15, 0.2) is 0 Å². The third-order valence-corrected chi connectivity index (χ3v) is 6.41. The normalized spacial score (nSPS) is 20.1. The highest BCUT2D eigenvalue weighted by molar-refractivity contribution is 7.92. The van der Waals surface area contributed by atoms with Crippen molar-refractivity contribution in [3.8, 4) is 0 Å². The smallest absolute Gasteiger partial charge is 0.261 e. The number of pyridine rings is 1. The molecule has 0 unspecified atom stereocenters. The largest absolute Gasteiger partial charge is 0.349 e. The molecule has 6 nitrogen and oxygen atoms in total. The lowest BCUT2D eigenvalue weighted by molar-refractivity contribution is 0.0910. The third kappa shape index (κ3) is 4.86. The minimum absolute atomic E-state index is 0.152. The summed E-state index contributed by atoms with van der Waals surface area (Å²) >= 11 is 0. The molecular weight excluding hydrogens is 362 g/mol. The molecule has 0 radical (unpaired) electrons. The maximum Gasteiger partial charge on any atom is 0.261 e. The van der Waals surface area contributed by atoms with E-state index in [1.165, 1.54) is 24.9 Å². The van der Waals surface area contributed by atoms with Crippen LogP contribution in [0.1, 0.15) is 48.5 Å². The van der Waals surface area contributed by atoms with E-state index in [0.717, 1.165) is 24.8 Å². The van der Waals surface area contributed by atoms with Crippen LogP contribution < -0.4 is 10.0 Å². The van der Waals surface area contributed by atoms with Gasteiger partial charge in [0.25, 0.3) is 15.9 Å². The van der Waals surface area contributed by atoms with Crippen molar-refractivity contribution in [3.05, 3.63) is 53.9 Å². The van der Waals surface area contributed by atoms with Crippen LogP contribution in [0.25, 0.3) is 0 Å². The minimum atomic E-state index is -3.73. The average molecular weight is 388 g/mol. The minimum Gasteiger partial charge on any atom is -0.349 e. The maximum atomic E-state index is 12.6. The van der Waals surface area contributed by atoms with Crippen LogP contribution in [0.2, 0.25) is 0 Å². The van der Waals surface area contributed by atoms with E-state index < -0.39 is 10.0 Å². The summed E-state index contributed by atoms with van der Waals surface area (Å²) in [5.74, 6) is 0.219. The van der Waals surface area contributed by atoms with Gasteiger partial charge in [-0.05, 0) is 43.9 Å². The van der Waals surface area contributed by atoms with Crippen molar-refractivity contribution in [1.82, 2.24) is 10.3 Å². The lowest BCUT2D eigenvalue weighted by Crippen LogP contribution is -2.41. The number of carbonyl (C=O) groups is 1. The molecule has 3 rings (SSSR count). The summed E-state index contributed by atoms with van der Waals surface area (Å²) in [6.45, 7) is 4.04. The zero-order valence-corrected chi connectivity index (χ0v) is 16.4. The molecule has 1 aromatic carbocycles. The van der Waals surface area contributed by atoms with Gasteiger partial charge in [0, 0.05) is 12.2 Å². The van der Waals surface area contributed by atoms with E-state index in [-0.39, 0.29) is 22.5 Å². The van der Waals surface area contributed by atoms with Gasteiger partial charge in [-0.15, -0.1) is 0 Å². The second-order valence-corrected chi connectivity index (χ2v) is 8.90. The van der Waals surface area contributed by atoms with Gasteiger partial charge < -0.3 is 5.32 Å². The number of amides is 1. The number of hydrogen-bond donors (Lipinski definition) is 2. The Morgan fingerprint density at radius 3 is 2.52 bits per heavy atom. The molecule has 1 heterocycles. The van der Waals surface area contributed by atoms with E-state index in [4.69, 9.17) is 0 Å². The SMILES string of the molecule is Cc1ccc(S(=O)(=O)Nc2cncc(C(=O)N[C@H]3CCCC[C@@H]3C)c2)cc1. The van der Waals surface area contributed by atoms with Crippen LogP contribution in [0.5, 0.6) is 0 Å². The molecule has 2 aromatic rings.